The van der Waals surface area contributed by atoms with E-state index in [-0.39, 0.29) is 12.1 Å². The van der Waals surface area contributed by atoms with E-state index in [1.165, 1.54) is 17.5 Å². The van der Waals surface area contributed by atoms with Crippen LogP contribution in [0.1, 0.15) is 39.5 Å². The Balaban J connectivity index is 3.00. The van der Waals surface area contributed by atoms with Crippen LogP contribution in [0.4, 0.5) is 0 Å². The van der Waals surface area contributed by atoms with Gasteiger partial charge in [-0.3, -0.25) is 5.32 Å². The third kappa shape index (κ3) is 3.95. The highest BCUT2D eigenvalue weighted by Crippen LogP contribution is 2.51. The highest BCUT2D eigenvalue weighted by atomic mass is 35.5. The van der Waals surface area contributed by atoms with Crippen LogP contribution in [-0.4, -0.2) is 17.9 Å². The van der Waals surface area contributed by atoms with Crippen LogP contribution in [0.15, 0.2) is 35.9 Å². The van der Waals surface area contributed by atoms with Crippen molar-refractivity contribution in [2.24, 2.45) is 11.3 Å². The van der Waals surface area contributed by atoms with Crippen LogP contribution < -0.4 is 5.32 Å². The maximum Gasteiger partial charge on any atom is 0.0933 e. The van der Waals surface area contributed by atoms with Gasteiger partial charge >= 0.3 is 0 Å². The van der Waals surface area contributed by atoms with Crippen molar-refractivity contribution in [2.45, 2.75) is 45.6 Å². The fourth-order valence-corrected chi connectivity index (χ4v) is 3.13. The summed E-state index contributed by atoms with van der Waals surface area (Å²) in [5.74, 6) is 0.594. The normalized spacial score (nSPS) is 20.6. The molecule has 19 heavy (non-hydrogen) atoms. The number of allylic oxidation sites excluding steroid dienone is 3. The van der Waals surface area contributed by atoms with E-state index in [9.17, 15) is 5.11 Å². The maximum atomic E-state index is 9.27. The van der Waals surface area contributed by atoms with Gasteiger partial charge in [0.15, 0.2) is 0 Å². The molecule has 2 nitrogen and oxygen atoms in total. The van der Waals surface area contributed by atoms with E-state index in [4.69, 9.17) is 11.6 Å². The molecule has 0 aliphatic heterocycles. The highest BCUT2D eigenvalue weighted by molar-refractivity contribution is 6.25. The summed E-state index contributed by atoms with van der Waals surface area (Å²) in [4.78, 5) is 0. The van der Waals surface area contributed by atoms with Gasteiger partial charge in [0.25, 0.3) is 0 Å². The molecule has 0 aromatic heterocycles. The predicted molar refractivity (Wildman–Crippen MR) is 83.0 cm³/mol. The first-order valence-corrected chi connectivity index (χ1v) is 7.48. The number of halogens is 1. The molecular weight excluding hydrogens is 258 g/mol. The van der Waals surface area contributed by atoms with E-state index < -0.39 is 0 Å². The first-order chi connectivity index (χ1) is 9.10. The molecule has 1 saturated carbocycles. The Morgan fingerprint density at radius 3 is 2.53 bits per heavy atom. The van der Waals surface area contributed by atoms with Gasteiger partial charge in [-0.1, -0.05) is 56.7 Å². The second-order valence-corrected chi connectivity index (χ2v) is 5.95. The van der Waals surface area contributed by atoms with Crippen molar-refractivity contribution in [3.63, 3.8) is 0 Å². The molecule has 1 rings (SSSR count). The molecule has 1 unspecified atom stereocenters. The zero-order chi connectivity index (χ0) is 14.3. The highest BCUT2D eigenvalue weighted by Gasteiger charge is 2.45. The van der Waals surface area contributed by atoms with Crippen molar-refractivity contribution in [2.75, 3.05) is 6.73 Å². The van der Waals surface area contributed by atoms with Gasteiger partial charge in [0, 0.05) is 17.0 Å². The zero-order valence-electron chi connectivity index (χ0n) is 12.0. The van der Waals surface area contributed by atoms with Gasteiger partial charge in [0.05, 0.1) is 6.73 Å². The monoisotopic (exact) mass is 283 g/mol. The predicted octanol–water partition coefficient (Wildman–Crippen LogP) is 3.98. The lowest BCUT2D eigenvalue weighted by molar-refractivity contribution is 0.0859. The van der Waals surface area contributed by atoms with E-state index in [0.717, 1.165) is 19.3 Å². The van der Waals surface area contributed by atoms with E-state index in [0.29, 0.717) is 12.0 Å². The van der Waals surface area contributed by atoms with Gasteiger partial charge in [-0.15, -0.1) is 0 Å². The van der Waals surface area contributed by atoms with Crippen LogP contribution in [0.5, 0.6) is 0 Å². The quantitative estimate of drug-likeness (QED) is 0.522. The van der Waals surface area contributed by atoms with Gasteiger partial charge in [-0.2, -0.15) is 0 Å². The summed E-state index contributed by atoms with van der Waals surface area (Å²) in [6.07, 6.45) is 10.4. The second-order valence-electron chi connectivity index (χ2n) is 5.70. The van der Waals surface area contributed by atoms with E-state index in [1.807, 2.05) is 18.2 Å². The van der Waals surface area contributed by atoms with Crippen LogP contribution in [0.3, 0.4) is 0 Å². The Bertz CT molecular complexity index is 343. The van der Waals surface area contributed by atoms with Crippen molar-refractivity contribution in [3.05, 3.63) is 35.9 Å². The van der Waals surface area contributed by atoms with Crippen LogP contribution >= 0.6 is 11.6 Å². The third-order valence-corrected chi connectivity index (χ3v) is 4.25. The number of hydrogen-bond donors (Lipinski definition) is 2. The Morgan fingerprint density at radius 1 is 1.47 bits per heavy atom. The molecule has 1 aliphatic carbocycles. The molecule has 0 aromatic rings. The van der Waals surface area contributed by atoms with Crippen molar-refractivity contribution >= 4 is 11.6 Å². The van der Waals surface area contributed by atoms with E-state index in [1.54, 1.807) is 0 Å². The van der Waals surface area contributed by atoms with Crippen molar-refractivity contribution < 1.29 is 5.11 Å². The van der Waals surface area contributed by atoms with Gasteiger partial charge in [0.2, 0.25) is 0 Å². The Kier molecular flexibility index (Phi) is 6.84. The summed E-state index contributed by atoms with van der Waals surface area (Å²) in [5, 5.41) is 12.5. The number of hydrogen-bond acceptors (Lipinski definition) is 2. The molecule has 0 saturated heterocycles. The molecule has 2 N–H and O–H groups in total. The molecule has 1 fully saturated rings. The Morgan fingerprint density at radius 2 is 2.16 bits per heavy atom. The molecule has 0 aromatic carbocycles. The van der Waals surface area contributed by atoms with Crippen molar-refractivity contribution in [1.29, 1.82) is 0 Å². The standard InChI is InChI=1S/C16H26ClNO/c1-4-14(7-5-10-17)16(8-6-9-16)15(18-12-19)11-13(2)3/h4-5,7,10,13,15,18-19H,1,6,8-9,11-12H2,2-3H3/b10-5+,14-7+. The topological polar surface area (TPSA) is 32.3 Å². The first kappa shape index (κ1) is 16.5. The summed E-state index contributed by atoms with van der Waals surface area (Å²) in [6.45, 7) is 8.40. The fraction of sp³-hybridized carbons (Fsp3) is 0.625. The number of nitrogens with one attached hydrogen (secondary N) is 1. The lowest BCUT2D eigenvalue weighted by atomic mass is 9.58. The number of rotatable bonds is 8. The summed E-state index contributed by atoms with van der Waals surface area (Å²) in [7, 11) is 0. The van der Waals surface area contributed by atoms with Crippen LogP contribution in [0.25, 0.3) is 0 Å². The molecular formula is C16H26ClNO. The minimum absolute atomic E-state index is 0.0227. The minimum atomic E-state index is 0.0227. The van der Waals surface area contributed by atoms with E-state index >= 15 is 0 Å². The molecule has 0 heterocycles. The first-order valence-electron chi connectivity index (χ1n) is 7.05. The number of aliphatic hydroxyl groups is 1. The van der Waals surface area contributed by atoms with Gasteiger partial charge in [-0.05, 0) is 30.8 Å². The minimum Gasteiger partial charge on any atom is -0.381 e. The third-order valence-electron chi connectivity index (χ3n) is 4.10. The summed E-state index contributed by atoms with van der Waals surface area (Å²) < 4.78 is 0. The number of aliphatic hydroxyl groups excluding tert-OH is 1. The summed E-state index contributed by atoms with van der Waals surface area (Å²) in [5.41, 5.74) is 2.85. The van der Waals surface area contributed by atoms with Crippen LogP contribution in [0, 0.1) is 11.3 Å². The molecule has 108 valence electrons. The molecule has 0 bridgehead atoms. The zero-order valence-corrected chi connectivity index (χ0v) is 12.8. The Hall–Kier alpha value is -0.570. The average molecular weight is 284 g/mol. The largest absolute Gasteiger partial charge is 0.381 e. The molecule has 0 radical (unpaired) electrons. The van der Waals surface area contributed by atoms with Gasteiger partial charge < -0.3 is 5.11 Å². The molecule has 0 spiro atoms. The lowest BCUT2D eigenvalue weighted by Crippen LogP contribution is -2.51. The van der Waals surface area contributed by atoms with E-state index in [2.05, 4.69) is 25.7 Å². The average Bonchev–Trinajstić information content (AvgIpc) is 2.31. The lowest BCUT2D eigenvalue weighted by Gasteiger charge is -2.50. The second kappa shape index (κ2) is 7.88. The fourth-order valence-electron chi connectivity index (χ4n) is 3.06. The van der Waals surface area contributed by atoms with Gasteiger partial charge in [0.1, 0.15) is 0 Å². The molecule has 0 amide bonds. The maximum absolute atomic E-state index is 9.27. The summed E-state index contributed by atoms with van der Waals surface area (Å²) in [6, 6.07) is 0.291. The van der Waals surface area contributed by atoms with Gasteiger partial charge in [-0.25, -0.2) is 0 Å². The summed E-state index contributed by atoms with van der Waals surface area (Å²) >= 11 is 5.62. The van der Waals surface area contributed by atoms with Crippen LogP contribution in [0.2, 0.25) is 0 Å². The molecule has 1 aliphatic rings. The van der Waals surface area contributed by atoms with Crippen molar-refractivity contribution in [1.82, 2.24) is 5.32 Å². The SMILES string of the molecule is C=C/C(=C\C=C\Cl)C1(C(CC(C)C)NCO)CCC1. The molecule has 3 heteroatoms. The van der Waals surface area contributed by atoms with Crippen molar-refractivity contribution in [3.8, 4) is 0 Å². The van der Waals surface area contributed by atoms with Crippen LogP contribution in [-0.2, 0) is 0 Å². The Labute approximate surface area is 122 Å². The smallest absolute Gasteiger partial charge is 0.0933 e. The molecule has 1 atom stereocenters.